The maximum Gasteiger partial charge on any atom is 0.339 e. The molecule has 1 aromatic rings. The Hall–Kier alpha value is -0.870. The highest BCUT2D eigenvalue weighted by Crippen LogP contribution is 2.34. The first-order valence-corrected chi connectivity index (χ1v) is 7.16. The van der Waals surface area contributed by atoms with Gasteiger partial charge in [-0.2, -0.15) is 0 Å². The molecule has 1 aromatic carbocycles. The van der Waals surface area contributed by atoms with Gasteiger partial charge in [0, 0.05) is 16.3 Å². The number of rotatable bonds is 5. The molecule has 1 rings (SSSR count). The monoisotopic (exact) mass is 287 g/mol. The van der Waals surface area contributed by atoms with Crippen molar-refractivity contribution in [1.29, 1.82) is 0 Å². The summed E-state index contributed by atoms with van der Waals surface area (Å²) in [6.07, 6.45) is 1.09. The van der Waals surface area contributed by atoms with Crippen LogP contribution in [0.2, 0.25) is 5.02 Å². The largest absolute Gasteiger partial charge is 0.465 e. The molecule has 0 aliphatic heterocycles. The number of carbonyl (C=O) groups excluding carboxylic acids is 1. The molecular formula is C13H18ClNO2S. The number of thioether (sulfide) groups is 1. The van der Waals surface area contributed by atoms with Crippen molar-refractivity contribution in [3.8, 4) is 0 Å². The van der Waals surface area contributed by atoms with Gasteiger partial charge >= 0.3 is 5.97 Å². The Morgan fingerprint density at radius 1 is 1.56 bits per heavy atom. The molecule has 0 aromatic heterocycles. The molecule has 0 spiro atoms. The average molecular weight is 288 g/mol. The predicted molar refractivity (Wildman–Crippen MR) is 77.4 cm³/mol. The minimum Gasteiger partial charge on any atom is -0.465 e. The quantitative estimate of drug-likeness (QED) is 0.508. The van der Waals surface area contributed by atoms with Crippen LogP contribution in [0.4, 0.5) is 5.69 Å². The van der Waals surface area contributed by atoms with Crippen molar-refractivity contribution in [2.24, 2.45) is 5.92 Å². The Kier molecular flexibility index (Phi) is 5.82. The van der Waals surface area contributed by atoms with Crippen LogP contribution in [-0.2, 0) is 4.74 Å². The van der Waals surface area contributed by atoms with Crippen molar-refractivity contribution < 1.29 is 9.53 Å². The van der Waals surface area contributed by atoms with E-state index in [1.165, 1.54) is 7.11 Å². The molecule has 0 heterocycles. The molecule has 3 nitrogen and oxygen atoms in total. The van der Waals surface area contributed by atoms with Gasteiger partial charge in [0.15, 0.2) is 0 Å². The number of halogens is 1. The molecule has 0 saturated carbocycles. The zero-order valence-electron chi connectivity index (χ0n) is 10.8. The van der Waals surface area contributed by atoms with E-state index in [2.05, 4.69) is 13.8 Å². The summed E-state index contributed by atoms with van der Waals surface area (Å²) in [5, 5.41) is 0.503. The standard InChI is InChI=1S/C13H18ClNO2S/c1-4-8(2)7-18-12-10(13(16)17-3)5-9(15)6-11(12)14/h5-6,8H,4,7,15H2,1-3H3. The molecule has 18 heavy (non-hydrogen) atoms. The van der Waals surface area contributed by atoms with E-state index in [1.54, 1.807) is 23.9 Å². The van der Waals surface area contributed by atoms with Gasteiger partial charge in [0.1, 0.15) is 0 Å². The van der Waals surface area contributed by atoms with Crippen molar-refractivity contribution in [1.82, 2.24) is 0 Å². The number of anilines is 1. The Labute approximate surface area is 117 Å². The predicted octanol–water partition coefficient (Wildman–Crippen LogP) is 3.85. The smallest absolute Gasteiger partial charge is 0.339 e. The molecule has 1 atom stereocenters. The van der Waals surface area contributed by atoms with Crippen molar-refractivity contribution in [2.45, 2.75) is 25.2 Å². The highest BCUT2D eigenvalue weighted by molar-refractivity contribution is 7.99. The van der Waals surface area contributed by atoms with Gasteiger partial charge in [-0.05, 0) is 18.1 Å². The van der Waals surface area contributed by atoms with E-state index in [-0.39, 0.29) is 0 Å². The second kappa shape index (κ2) is 6.90. The highest BCUT2D eigenvalue weighted by atomic mass is 35.5. The van der Waals surface area contributed by atoms with Crippen LogP contribution in [0.3, 0.4) is 0 Å². The lowest BCUT2D eigenvalue weighted by Gasteiger charge is -2.13. The van der Waals surface area contributed by atoms with Crippen LogP contribution in [0.5, 0.6) is 0 Å². The van der Waals surface area contributed by atoms with Crippen LogP contribution in [-0.4, -0.2) is 18.8 Å². The molecule has 100 valence electrons. The van der Waals surface area contributed by atoms with E-state index in [4.69, 9.17) is 22.1 Å². The number of hydrogen-bond acceptors (Lipinski definition) is 4. The average Bonchev–Trinajstić information content (AvgIpc) is 2.35. The molecule has 0 bridgehead atoms. The van der Waals surface area contributed by atoms with Crippen LogP contribution in [0.15, 0.2) is 17.0 Å². The molecule has 0 aliphatic carbocycles. The van der Waals surface area contributed by atoms with Gasteiger partial charge in [0.25, 0.3) is 0 Å². The first-order chi connectivity index (χ1) is 8.49. The minimum atomic E-state index is -0.407. The molecule has 0 aliphatic rings. The lowest BCUT2D eigenvalue weighted by Crippen LogP contribution is -2.06. The highest BCUT2D eigenvalue weighted by Gasteiger charge is 2.17. The fourth-order valence-electron chi connectivity index (χ4n) is 1.37. The Morgan fingerprint density at radius 3 is 2.78 bits per heavy atom. The molecule has 0 amide bonds. The number of esters is 1. The Balaban J connectivity index is 3.04. The van der Waals surface area contributed by atoms with Crippen molar-refractivity contribution in [2.75, 3.05) is 18.6 Å². The molecule has 0 saturated heterocycles. The van der Waals surface area contributed by atoms with Gasteiger partial charge in [-0.15, -0.1) is 11.8 Å². The lowest BCUT2D eigenvalue weighted by molar-refractivity contribution is 0.0597. The van der Waals surface area contributed by atoms with E-state index in [1.807, 2.05) is 0 Å². The summed E-state index contributed by atoms with van der Waals surface area (Å²) < 4.78 is 4.75. The van der Waals surface area contributed by atoms with Crippen LogP contribution < -0.4 is 5.73 Å². The number of methoxy groups -OCH3 is 1. The maximum atomic E-state index is 11.7. The summed E-state index contributed by atoms with van der Waals surface area (Å²) >= 11 is 7.72. The SMILES string of the molecule is CCC(C)CSc1c(Cl)cc(N)cc1C(=O)OC. The van der Waals surface area contributed by atoms with Crippen LogP contribution in [0.1, 0.15) is 30.6 Å². The van der Waals surface area contributed by atoms with Gasteiger partial charge < -0.3 is 10.5 Å². The lowest BCUT2D eigenvalue weighted by atomic mass is 10.2. The summed E-state index contributed by atoms with van der Waals surface area (Å²) in [6.45, 7) is 4.30. The van der Waals surface area contributed by atoms with Crippen molar-refractivity contribution >= 4 is 35.0 Å². The zero-order chi connectivity index (χ0) is 13.7. The minimum absolute atomic E-state index is 0.407. The van der Waals surface area contributed by atoms with E-state index in [0.717, 1.165) is 17.1 Å². The number of nitrogen functional groups attached to an aromatic ring is 1. The first kappa shape index (κ1) is 15.2. The van der Waals surface area contributed by atoms with Gasteiger partial charge in [0.2, 0.25) is 0 Å². The third-order valence-corrected chi connectivity index (χ3v) is 4.55. The molecular weight excluding hydrogens is 270 g/mol. The summed E-state index contributed by atoms with van der Waals surface area (Å²) in [4.78, 5) is 12.5. The molecule has 5 heteroatoms. The molecule has 0 radical (unpaired) electrons. The maximum absolute atomic E-state index is 11.7. The topological polar surface area (TPSA) is 52.3 Å². The summed E-state index contributed by atoms with van der Waals surface area (Å²) in [6, 6.07) is 3.27. The summed E-state index contributed by atoms with van der Waals surface area (Å²) in [7, 11) is 1.35. The van der Waals surface area contributed by atoms with E-state index >= 15 is 0 Å². The first-order valence-electron chi connectivity index (χ1n) is 5.79. The van der Waals surface area contributed by atoms with Crippen molar-refractivity contribution in [3.63, 3.8) is 0 Å². The fraction of sp³-hybridized carbons (Fsp3) is 0.462. The second-order valence-electron chi connectivity index (χ2n) is 4.20. The van der Waals surface area contributed by atoms with Gasteiger partial charge in [-0.3, -0.25) is 0 Å². The van der Waals surface area contributed by atoms with Crippen LogP contribution in [0.25, 0.3) is 0 Å². The fourth-order valence-corrected chi connectivity index (χ4v) is 2.94. The molecule has 2 N–H and O–H groups in total. The third kappa shape index (κ3) is 3.82. The Bertz CT molecular complexity index is 437. The Morgan fingerprint density at radius 2 is 2.22 bits per heavy atom. The normalized spacial score (nSPS) is 12.2. The number of carbonyl (C=O) groups is 1. The third-order valence-electron chi connectivity index (χ3n) is 2.68. The van der Waals surface area contributed by atoms with Crippen molar-refractivity contribution in [3.05, 3.63) is 22.7 Å². The van der Waals surface area contributed by atoms with E-state index in [0.29, 0.717) is 22.2 Å². The number of hydrogen-bond donors (Lipinski definition) is 1. The molecule has 1 unspecified atom stereocenters. The van der Waals surface area contributed by atoms with Gasteiger partial charge in [-0.25, -0.2) is 4.79 Å². The van der Waals surface area contributed by atoms with Crippen LogP contribution in [0, 0.1) is 5.92 Å². The second-order valence-corrected chi connectivity index (χ2v) is 5.63. The summed E-state index contributed by atoms with van der Waals surface area (Å²) in [5.74, 6) is 1.06. The molecule has 0 fully saturated rings. The number of ether oxygens (including phenoxy) is 1. The zero-order valence-corrected chi connectivity index (χ0v) is 12.4. The van der Waals surface area contributed by atoms with Gasteiger partial charge in [-0.1, -0.05) is 31.9 Å². The van der Waals surface area contributed by atoms with Gasteiger partial charge in [0.05, 0.1) is 17.7 Å². The number of benzene rings is 1. The van der Waals surface area contributed by atoms with E-state index in [9.17, 15) is 4.79 Å². The number of nitrogens with two attached hydrogens (primary N) is 1. The summed E-state index contributed by atoms with van der Waals surface area (Å²) in [5.41, 5.74) is 6.61. The van der Waals surface area contributed by atoms with E-state index < -0.39 is 5.97 Å². The van der Waals surface area contributed by atoms with Crippen LogP contribution >= 0.6 is 23.4 Å².